The van der Waals surface area contributed by atoms with Crippen molar-refractivity contribution in [3.8, 4) is 5.69 Å². The first-order valence-electron chi connectivity index (χ1n) is 10.8. The summed E-state index contributed by atoms with van der Waals surface area (Å²) < 4.78 is 71.8. The van der Waals surface area contributed by atoms with Crippen LogP contribution >= 0.6 is 46.6 Å². The lowest BCUT2D eigenvalue weighted by molar-refractivity contribution is -0.137. The predicted octanol–water partition coefficient (Wildman–Crippen LogP) is 9.75. The molecule has 0 aliphatic carbocycles. The SMILES string of the molecule is CC(C)(c1ccc(Cl)c(Cl)c1)c1cnc(SCc2c(F)cccc2Cl)n1-c1ccc(F)cc1C(F)(F)F. The molecule has 0 saturated carbocycles. The number of halogens is 8. The van der Waals surface area contributed by atoms with Gasteiger partial charge in [0.25, 0.3) is 0 Å². The number of thioether (sulfide) groups is 1. The van der Waals surface area contributed by atoms with Crippen LogP contribution in [0.1, 0.15) is 36.2 Å². The number of alkyl halides is 3. The van der Waals surface area contributed by atoms with Crippen molar-refractivity contribution in [2.24, 2.45) is 0 Å². The Balaban J connectivity index is 1.92. The van der Waals surface area contributed by atoms with Gasteiger partial charge in [0.15, 0.2) is 5.16 Å². The Bertz CT molecular complexity index is 1450. The fourth-order valence-electron chi connectivity index (χ4n) is 3.88. The van der Waals surface area contributed by atoms with E-state index >= 15 is 0 Å². The molecule has 2 nitrogen and oxygen atoms in total. The molecular weight excluding hydrogens is 574 g/mol. The van der Waals surface area contributed by atoms with Crippen LogP contribution in [0.2, 0.25) is 15.1 Å². The van der Waals surface area contributed by atoms with E-state index in [1.54, 1.807) is 32.0 Å². The van der Waals surface area contributed by atoms with Gasteiger partial charge in [-0.3, -0.25) is 4.57 Å². The molecule has 0 unspecified atom stereocenters. The van der Waals surface area contributed by atoms with Crippen molar-refractivity contribution in [2.45, 2.75) is 36.3 Å². The molecule has 0 aliphatic rings. The van der Waals surface area contributed by atoms with Crippen LogP contribution in [-0.4, -0.2) is 9.55 Å². The van der Waals surface area contributed by atoms with Crippen molar-refractivity contribution in [3.05, 3.63) is 110 Å². The van der Waals surface area contributed by atoms with Gasteiger partial charge in [-0.15, -0.1) is 0 Å². The van der Waals surface area contributed by atoms with Gasteiger partial charge in [-0.2, -0.15) is 13.2 Å². The molecule has 37 heavy (non-hydrogen) atoms. The molecule has 0 amide bonds. The van der Waals surface area contributed by atoms with Crippen molar-refractivity contribution >= 4 is 46.6 Å². The third-order valence-electron chi connectivity index (χ3n) is 5.92. The Morgan fingerprint density at radius 2 is 1.62 bits per heavy atom. The Hall–Kier alpha value is -2.26. The molecule has 4 aromatic rings. The van der Waals surface area contributed by atoms with E-state index < -0.39 is 28.8 Å². The molecule has 0 saturated heterocycles. The third kappa shape index (κ3) is 5.62. The molecule has 0 atom stereocenters. The molecule has 0 bridgehead atoms. The fourth-order valence-corrected chi connectivity index (χ4v) is 5.51. The van der Waals surface area contributed by atoms with E-state index in [0.29, 0.717) is 22.3 Å². The van der Waals surface area contributed by atoms with Gasteiger partial charge in [-0.25, -0.2) is 13.8 Å². The van der Waals surface area contributed by atoms with Gasteiger partial charge in [0.1, 0.15) is 11.6 Å². The number of hydrogen-bond acceptors (Lipinski definition) is 2. The maximum absolute atomic E-state index is 14.4. The van der Waals surface area contributed by atoms with Crippen molar-refractivity contribution in [1.29, 1.82) is 0 Å². The number of benzene rings is 3. The lowest BCUT2D eigenvalue weighted by Gasteiger charge is -2.28. The highest BCUT2D eigenvalue weighted by Crippen LogP contribution is 2.42. The van der Waals surface area contributed by atoms with E-state index in [4.69, 9.17) is 34.8 Å². The number of rotatable bonds is 6. The number of aromatic nitrogens is 2. The summed E-state index contributed by atoms with van der Waals surface area (Å²) in [6.45, 7) is 3.58. The molecule has 0 fully saturated rings. The fraction of sp³-hybridized carbons (Fsp3) is 0.192. The standard InChI is InChI=1S/C26H18Cl3F5N2S/c1-25(2,14-6-8-19(28)20(29)10-14)23-12-35-24(37-13-16-18(27)4-3-5-21(16)31)36(23)22-9-7-15(30)11-17(22)26(32,33)34/h3-12H,13H2,1-2H3. The second-order valence-corrected chi connectivity index (χ2v) is 10.8. The van der Waals surface area contributed by atoms with Gasteiger partial charge in [0, 0.05) is 21.8 Å². The highest BCUT2D eigenvalue weighted by atomic mass is 35.5. The van der Waals surface area contributed by atoms with Crippen LogP contribution in [0.25, 0.3) is 5.69 Å². The van der Waals surface area contributed by atoms with Crippen LogP contribution in [0.4, 0.5) is 22.0 Å². The topological polar surface area (TPSA) is 17.8 Å². The molecule has 0 radical (unpaired) electrons. The van der Waals surface area contributed by atoms with E-state index in [1.807, 2.05) is 0 Å². The van der Waals surface area contributed by atoms with E-state index in [-0.39, 0.29) is 32.2 Å². The molecule has 194 valence electrons. The average molecular weight is 592 g/mol. The molecule has 0 aliphatic heterocycles. The third-order valence-corrected chi connectivity index (χ3v) is 8.00. The van der Waals surface area contributed by atoms with Crippen molar-refractivity contribution in [1.82, 2.24) is 9.55 Å². The predicted molar refractivity (Wildman–Crippen MR) is 138 cm³/mol. The molecule has 3 aromatic carbocycles. The highest BCUT2D eigenvalue weighted by Gasteiger charge is 2.37. The first-order valence-corrected chi connectivity index (χ1v) is 12.9. The second kappa shape index (κ2) is 10.5. The Kier molecular flexibility index (Phi) is 7.87. The Morgan fingerprint density at radius 3 is 2.27 bits per heavy atom. The molecule has 1 heterocycles. The van der Waals surface area contributed by atoms with Crippen molar-refractivity contribution in [3.63, 3.8) is 0 Å². The van der Waals surface area contributed by atoms with Crippen LogP contribution < -0.4 is 0 Å². The van der Waals surface area contributed by atoms with Crippen LogP contribution in [0.3, 0.4) is 0 Å². The lowest BCUT2D eigenvalue weighted by Crippen LogP contribution is -2.24. The maximum atomic E-state index is 14.4. The molecule has 11 heteroatoms. The number of imidazole rings is 1. The van der Waals surface area contributed by atoms with E-state index in [0.717, 1.165) is 23.9 Å². The summed E-state index contributed by atoms with van der Waals surface area (Å²) in [6.07, 6.45) is -3.42. The van der Waals surface area contributed by atoms with E-state index in [2.05, 4.69) is 4.98 Å². The summed E-state index contributed by atoms with van der Waals surface area (Å²) >= 11 is 19.4. The van der Waals surface area contributed by atoms with Crippen molar-refractivity contribution < 1.29 is 22.0 Å². The minimum absolute atomic E-state index is 0.00227. The minimum Gasteiger partial charge on any atom is -0.290 e. The van der Waals surface area contributed by atoms with Gasteiger partial charge in [0.2, 0.25) is 0 Å². The molecular formula is C26H18Cl3F5N2S. The first-order chi connectivity index (χ1) is 17.3. The zero-order valence-corrected chi connectivity index (χ0v) is 22.4. The number of nitrogens with zero attached hydrogens (tertiary/aromatic N) is 2. The number of hydrogen-bond donors (Lipinski definition) is 0. The first kappa shape index (κ1) is 27.8. The van der Waals surface area contributed by atoms with E-state index in [9.17, 15) is 22.0 Å². The van der Waals surface area contributed by atoms with Gasteiger partial charge >= 0.3 is 6.18 Å². The van der Waals surface area contributed by atoms with Gasteiger partial charge in [-0.05, 0) is 48.0 Å². The monoisotopic (exact) mass is 590 g/mol. The quantitative estimate of drug-likeness (QED) is 0.164. The smallest absolute Gasteiger partial charge is 0.290 e. The molecule has 1 aromatic heterocycles. The van der Waals surface area contributed by atoms with Crippen LogP contribution in [-0.2, 0) is 17.3 Å². The summed E-state index contributed by atoms with van der Waals surface area (Å²) in [7, 11) is 0. The van der Waals surface area contributed by atoms with Gasteiger partial charge in [-0.1, -0.05) is 72.5 Å². The normalized spacial score (nSPS) is 12.3. The summed E-state index contributed by atoms with van der Waals surface area (Å²) in [5.41, 5.74) is -1.21. The molecule has 0 spiro atoms. The second-order valence-electron chi connectivity index (χ2n) is 8.66. The summed E-state index contributed by atoms with van der Waals surface area (Å²) in [5.74, 6) is -1.58. The van der Waals surface area contributed by atoms with Gasteiger partial charge in [0.05, 0.1) is 33.2 Å². The summed E-state index contributed by atoms with van der Waals surface area (Å²) in [4.78, 5) is 4.38. The average Bonchev–Trinajstić information content (AvgIpc) is 3.24. The zero-order valence-electron chi connectivity index (χ0n) is 19.3. The largest absolute Gasteiger partial charge is 0.418 e. The maximum Gasteiger partial charge on any atom is 0.418 e. The Labute approximate surface area is 229 Å². The Morgan fingerprint density at radius 1 is 0.892 bits per heavy atom. The molecule has 0 N–H and O–H groups in total. The zero-order chi connectivity index (χ0) is 27.1. The minimum atomic E-state index is -4.86. The summed E-state index contributed by atoms with van der Waals surface area (Å²) in [5, 5.41) is 0.921. The van der Waals surface area contributed by atoms with Crippen LogP contribution in [0.5, 0.6) is 0 Å². The van der Waals surface area contributed by atoms with Gasteiger partial charge < -0.3 is 0 Å². The highest BCUT2D eigenvalue weighted by molar-refractivity contribution is 7.98. The summed E-state index contributed by atoms with van der Waals surface area (Å²) in [6, 6.07) is 11.6. The van der Waals surface area contributed by atoms with Crippen LogP contribution in [0.15, 0.2) is 66.0 Å². The molecule has 4 rings (SSSR count). The lowest BCUT2D eigenvalue weighted by atomic mass is 9.81. The van der Waals surface area contributed by atoms with Crippen LogP contribution in [0, 0.1) is 11.6 Å². The van der Waals surface area contributed by atoms with Crippen molar-refractivity contribution in [2.75, 3.05) is 0 Å². The van der Waals surface area contributed by atoms with E-state index in [1.165, 1.54) is 29.0 Å².